The van der Waals surface area contributed by atoms with Crippen LogP contribution in [-0.2, 0) is 10.0 Å². The molecule has 0 saturated carbocycles. The normalized spacial score (nSPS) is 11.9. The number of rotatable bonds is 3. The van der Waals surface area contributed by atoms with E-state index in [9.17, 15) is 8.42 Å². The van der Waals surface area contributed by atoms with Crippen LogP contribution in [0.25, 0.3) is 0 Å². The van der Waals surface area contributed by atoms with E-state index in [1.165, 1.54) is 0 Å². The molecular formula is C11H16N2O2SSn. The molecule has 0 aliphatic carbocycles. The van der Waals surface area contributed by atoms with Gasteiger partial charge in [-0.05, 0) is 0 Å². The summed E-state index contributed by atoms with van der Waals surface area (Å²) in [6.07, 6.45) is 1.83. The van der Waals surface area contributed by atoms with Gasteiger partial charge < -0.3 is 0 Å². The summed E-state index contributed by atoms with van der Waals surface area (Å²) >= 11 is -2.99. The first kappa shape index (κ1) is 14.3. The van der Waals surface area contributed by atoms with E-state index in [4.69, 9.17) is 5.26 Å². The summed E-state index contributed by atoms with van der Waals surface area (Å²) < 4.78 is 25.6. The third kappa shape index (κ3) is 3.13. The van der Waals surface area contributed by atoms with Gasteiger partial charge in [0.05, 0.1) is 0 Å². The SMILES string of the molecule is Cc1ccc(S(=O)(=O)[N](C#N)[Sn]([CH3])([CH3])[CH3])cc1. The van der Waals surface area contributed by atoms with Crippen molar-refractivity contribution in [2.24, 2.45) is 0 Å². The molecule has 0 N–H and O–H groups in total. The molecule has 6 heteroatoms. The Morgan fingerprint density at radius 3 is 2.00 bits per heavy atom. The van der Waals surface area contributed by atoms with E-state index in [0.717, 1.165) is 8.09 Å². The molecule has 0 aliphatic rings. The molecule has 17 heavy (non-hydrogen) atoms. The molecule has 0 saturated heterocycles. The summed E-state index contributed by atoms with van der Waals surface area (Å²) in [6.45, 7) is 1.89. The van der Waals surface area contributed by atoms with Crippen LogP contribution in [-0.4, -0.2) is 29.6 Å². The van der Waals surface area contributed by atoms with Crippen molar-refractivity contribution >= 4 is 28.7 Å². The van der Waals surface area contributed by atoms with Gasteiger partial charge in [-0.15, -0.1) is 0 Å². The van der Waals surface area contributed by atoms with Gasteiger partial charge in [0, 0.05) is 0 Å². The summed E-state index contributed by atoms with van der Waals surface area (Å²) in [6, 6.07) is 6.57. The summed E-state index contributed by atoms with van der Waals surface area (Å²) in [4.78, 5) is 5.87. The van der Waals surface area contributed by atoms with E-state index in [1.54, 1.807) is 24.3 Å². The minimum absolute atomic E-state index is 0.191. The monoisotopic (exact) mass is 360 g/mol. The fourth-order valence-electron chi connectivity index (χ4n) is 1.38. The van der Waals surface area contributed by atoms with Crippen LogP contribution in [0.5, 0.6) is 0 Å². The molecule has 0 spiro atoms. The molecule has 0 atom stereocenters. The molecule has 92 valence electrons. The number of hydrogen-bond donors (Lipinski definition) is 0. The molecule has 0 heterocycles. The van der Waals surface area contributed by atoms with Crippen LogP contribution in [0.4, 0.5) is 0 Å². The van der Waals surface area contributed by atoms with Crippen LogP contribution in [0.1, 0.15) is 5.56 Å². The average Bonchev–Trinajstić information content (AvgIpc) is 2.16. The Hall–Kier alpha value is -0.741. The van der Waals surface area contributed by atoms with E-state index in [1.807, 2.05) is 27.9 Å². The van der Waals surface area contributed by atoms with Gasteiger partial charge in [-0.1, -0.05) is 0 Å². The van der Waals surface area contributed by atoms with Gasteiger partial charge in [0.25, 0.3) is 0 Å². The molecule has 0 aliphatic heterocycles. The molecule has 1 rings (SSSR count). The van der Waals surface area contributed by atoms with Crippen LogP contribution in [0.15, 0.2) is 29.2 Å². The zero-order valence-electron chi connectivity index (χ0n) is 10.4. The molecule has 4 nitrogen and oxygen atoms in total. The van der Waals surface area contributed by atoms with Crippen molar-refractivity contribution in [1.29, 1.82) is 5.26 Å². The van der Waals surface area contributed by atoms with Crippen molar-refractivity contribution < 1.29 is 8.42 Å². The molecule has 0 radical (unpaired) electrons. The summed E-state index contributed by atoms with van der Waals surface area (Å²) in [5, 5.41) is 9.06. The zero-order valence-corrected chi connectivity index (χ0v) is 14.1. The van der Waals surface area contributed by atoms with Crippen LogP contribution in [0.2, 0.25) is 14.8 Å². The van der Waals surface area contributed by atoms with Crippen LogP contribution < -0.4 is 0 Å². The molecule has 1 aromatic carbocycles. The van der Waals surface area contributed by atoms with Gasteiger partial charge in [-0.3, -0.25) is 0 Å². The number of benzene rings is 1. The maximum absolute atomic E-state index is 12.3. The number of hydrogen-bond acceptors (Lipinski definition) is 3. The Balaban J connectivity index is 3.29. The molecular weight excluding hydrogens is 343 g/mol. The van der Waals surface area contributed by atoms with Gasteiger partial charge in [-0.2, -0.15) is 0 Å². The van der Waals surface area contributed by atoms with Gasteiger partial charge in [0.2, 0.25) is 0 Å². The number of nitrogens with zero attached hydrogens (tertiary/aromatic N) is 2. The standard InChI is InChI=1S/C8H7N2O2S.3CH3.Sn/c1-7-2-4-8(5-3-7)13(11,12)10-6-9;;;;/h2-5H,1H3;3*1H3;/q-1;;;;+1. The third-order valence-corrected chi connectivity index (χ3v) is 13.2. The van der Waals surface area contributed by atoms with Gasteiger partial charge in [0.15, 0.2) is 0 Å². The topological polar surface area (TPSA) is 61.2 Å². The molecule has 0 amide bonds. The number of aryl methyl sites for hydroxylation is 1. The van der Waals surface area contributed by atoms with E-state index >= 15 is 0 Å². The van der Waals surface area contributed by atoms with E-state index in [-0.39, 0.29) is 4.90 Å². The third-order valence-electron chi connectivity index (χ3n) is 2.26. The zero-order chi connectivity index (χ0) is 13.3. The van der Waals surface area contributed by atoms with Crippen molar-refractivity contribution in [3.8, 4) is 6.19 Å². The molecule has 1 aromatic rings. The fraction of sp³-hybridized carbons (Fsp3) is 0.364. The Kier molecular flexibility index (Phi) is 4.10. The summed E-state index contributed by atoms with van der Waals surface area (Å²) in [5.41, 5.74) is 0.992. The fourth-order valence-corrected chi connectivity index (χ4v) is 10.8. The van der Waals surface area contributed by atoms with E-state index in [0.29, 0.717) is 0 Å². The van der Waals surface area contributed by atoms with E-state index < -0.39 is 28.7 Å². The van der Waals surface area contributed by atoms with Gasteiger partial charge >= 0.3 is 108 Å². The Morgan fingerprint density at radius 1 is 1.18 bits per heavy atom. The van der Waals surface area contributed by atoms with Gasteiger partial charge in [-0.25, -0.2) is 0 Å². The quantitative estimate of drug-likeness (QED) is 0.473. The Morgan fingerprint density at radius 2 is 1.65 bits per heavy atom. The first-order valence-corrected chi connectivity index (χ1v) is 16.5. The maximum atomic E-state index is 12.3. The molecule has 0 bridgehead atoms. The average molecular weight is 359 g/mol. The second kappa shape index (κ2) is 4.86. The molecule has 0 fully saturated rings. The van der Waals surface area contributed by atoms with Crippen molar-refractivity contribution in [2.45, 2.75) is 26.6 Å². The predicted molar refractivity (Wildman–Crippen MR) is 69.2 cm³/mol. The molecule has 0 unspecified atom stereocenters. The summed E-state index contributed by atoms with van der Waals surface area (Å²) in [5.74, 6) is 0. The van der Waals surface area contributed by atoms with Crippen molar-refractivity contribution in [3.63, 3.8) is 0 Å². The van der Waals surface area contributed by atoms with Crippen LogP contribution >= 0.6 is 0 Å². The second-order valence-electron chi connectivity index (χ2n) is 4.85. The number of sulfonamides is 1. The summed E-state index contributed by atoms with van der Waals surface area (Å²) in [7, 11) is -3.66. The van der Waals surface area contributed by atoms with Crippen molar-refractivity contribution in [1.82, 2.24) is 2.53 Å². The van der Waals surface area contributed by atoms with Crippen molar-refractivity contribution in [2.75, 3.05) is 0 Å². The van der Waals surface area contributed by atoms with Crippen LogP contribution in [0, 0.1) is 18.4 Å². The Labute approximate surface area is 107 Å². The van der Waals surface area contributed by atoms with Gasteiger partial charge in [0.1, 0.15) is 0 Å². The first-order chi connectivity index (χ1) is 7.69. The first-order valence-electron chi connectivity index (χ1n) is 5.21. The molecule has 0 aromatic heterocycles. The second-order valence-corrected chi connectivity index (χ2v) is 21.2. The minimum atomic E-state index is -3.66. The van der Waals surface area contributed by atoms with Crippen molar-refractivity contribution in [3.05, 3.63) is 29.8 Å². The predicted octanol–water partition coefficient (Wildman–Crippen LogP) is 2.30. The van der Waals surface area contributed by atoms with Crippen LogP contribution in [0.3, 0.4) is 0 Å². The Bertz CT molecular complexity index is 538. The van der Waals surface area contributed by atoms with E-state index in [2.05, 4.69) is 0 Å². The number of nitriles is 1.